The highest BCUT2D eigenvalue weighted by Gasteiger charge is 2.67. The number of carbonyl (C=O) groups is 2. The minimum Gasteiger partial charge on any atom is -0.359 e. The lowest BCUT2D eigenvalue weighted by molar-refractivity contribution is -0.149. The average molecular weight is 405 g/mol. The van der Waals surface area contributed by atoms with Gasteiger partial charge in [0, 0.05) is 25.0 Å². The molecule has 1 N–H and O–H groups in total. The molecule has 1 saturated heterocycles. The van der Waals surface area contributed by atoms with E-state index in [0.29, 0.717) is 24.5 Å². The summed E-state index contributed by atoms with van der Waals surface area (Å²) >= 11 is 0. The molecule has 3 fully saturated rings. The smallest absolute Gasteiger partial charge is 0.228 e. The van der Waals surface area contributed by atoms with E-state index in [1.165, 1.54) is 11.1 Å². The minimum atomic E-state index is -0.374. The number of pyridine rings is 1. The highest BCUT2D eigenvalue weighted by Crippen LogP contribution is 2.67. The number of allylic oxidation sites excluding steroid dienone is 1. The van der Waals surface area contributed by atoms with E-state index >= 15 is 0 Å². The van der Waals surface area contributed by atoms with Crippen molar-refractivity contribution in [2.75, 3.05) is 5.32 Å². The first-order chi connectivity index (χ1) is 14.5. The molecule has 2 unspecified atom stereocenters. The van der Waals surface area contributed by atoms with Gasteiger partial charge in [0.15, 0.2) is 0 Å². The summed E-state index contributed by atoms with van der Waals surface area (Å²) < 4.78 is 6.98. The summed E-state index contributed by atoms with van der Waals surface area (Å²) in [7, 11) is 0. The number of Topliss-reactive ketones (excluding diaryl/α,β-unsaturated/α-hetero) is 1. The molecule has 1 aromatic rings. The number of ketones is 1. The third-order valence-electron chi connectivity index (χ3n) is 8.74. The van der Waals surface area contributed by atoms with Crippen molar-refractivity contribution in [1.29, 1.82) is 0 Å². The van der Waals surface area contributed by atoms with Crippen LogP contribution < -0.4 is 5.32 Å². The number of hydrogen-bond acceptors (Lipinski definition) is 4. The monoisotopic (exact) mass is 404 g/mol. The highest BCUT2D eigenvalue weighted by atomic mass is 16.5. The number of nitrogens with one attached hydrogen (secondary N) is 1. The van der Waals surface area contributed by atoms with Gasteiger partial charge in [0.25, 0.3) is 0 Å². The Hall–Kier alpha value is -2.27. The van der Waals surface area contributed by atoms with Gasteiger partial charge in [-0.05, 0) is 73.1 Å². The number of fused-ring (bicyclic) bond motifs is 1. The summed E-state index contributed by atoms with van der Waals surface area (Å²) in [6.45, 7) is 2.28. The van der Waals surface area contributed by atoms with Gasteiger partial charge in [0.2, 0.25) is 5.91 Å². The third kappa shape index (κ3) is 2.36. The fourth-order valence-corrected chi connectivity index (χ4v) is 7.32. The van der Waals surface area contributed by atoms with Gasteiger partial charge >= 0.3 is 0 Å². The van der Waals surface area contributed by atoms with Gasteiger partial charge in [-0.1, -0.05) is 19.1 Å². The van der Waals surface area contributed by atoms with Crippen LogP contribution >= 0.6 is 0 Å². The van der Waals surface area contributed by atoms with Gasteiger partial charge < -0.3 is 10.1 Å². The Bertz CT molecular complexity index is 999. The summed E-state index contributed by atoms with van der Waals surface area (Å²) in [6.07, 6.45) is 14.8. The van der Waals surface area contributed by atoms with Gasteiger partial charge in [0.1, 0.15) is 5.78 Å². The van der Waals surface area contributed by atoms with E-state index in [1.807, 2.05) is 12.1 Å². The summed E-state index contributed by atoms with van der Waals surface area (Å²) in [4.78, 5) is 29.6. The second kappa shape index (κ2) is 6.13. The molecule has 5 atom stereocenters. The molecular weight excluding hydrogens is 376 g/mol. The lowest BCUT2D eigenvalue weighted by Crippen LogP contribution is -2.54. The fourth-order valence-electron chi connectivity index (χ4n) is 7.32. The van der Waals surface area contributed by atoms with Crippen molar-refractivity contribution in [3.05, 3.63) is 47.8 Å². The Morgan fingerprint density at radius 1 is 1.27 bits per heavy atom. The standard InChI is InChI=1S/C25H28N2O3/c1-23-9-8-17-13-16-4-5-19(28)14-24(16)10-11-25(17,30-24)21(23)7-6-20(23)22(29)27-18-3-2-12-26-15-18/h2-3,8,12-13,15,20-21H,4-7,9-11,14H2,1H3,(H,27,29)/t20?,21-,23-,24-,25?/m1/s1. The summed E-state index contributed by atoms with van der Waals surface area (Å²) in [5.74, 6) is 0.682. The van der Waals surface area contributed by atoms with Crippen molar-refractivity contribution in [3.8, 4) is 0 Å². The molecule has 1 aromatic heterocycles. The second-order valence-electron chi connectivity index (χ2n) is 10.2. The number of amides is 1. The molecule has 1 amide bonds. The largest absolute Gasteiger partial charge is 0.359 e. The van der Waals surface area contributed by atoms with Crippen LogP contribution in [0.25, 0.3) is 0 Å². The van der Waals surface area contributed by atoms with Crippen LogP contribution in [0.2, 0.25) is 0 Å². The van der Waals surface area contributed by atoms with Crippen LogP contribution in [0, 0.1) is 17.3 Å². The van der Waals surface area contributed by atoms with Crippen LogP contribution in [-0.4, -0.2) is 27.9 Å². The fraction of sp³-hybridized carbons (Fsp3) is 0.560. The van der Waals surface area contributed by atoms with Crippen molar-refractivity contribution < 1.29 is 14.3 Å². The van der Waals surface area contributed by atoms with E-state index in [0.717, 1.165) is 44.2 Å². The topological polar surface area (TPSA) is 68.3 Å². The van der Waals surface area contributed by atoms with Crippen molar-refractivity contribution in [1.82, 2.24) is 4.98 Å². The first kappa shape index (κ1) is 18.5. The van der Waals surface area contributed by atoms with Crippen LogP contribution in [0.15, 0.2) is 47.8 Å². The summed E-state index contributed by atoms with van der Waals surface area (Å²) in [6, 6.07) is 3.72. The van der Waals surface area contributed by atoms with Gasteiger partial charge in [-0.15, -0.1) is 0 Å². The normalized spacial score (nSPS) is 41.3. The van der Waals surface area contributed by atoms with Gasteiger partial charge in [-0.25, -0.2) is 0 Å². The third-order valence-corrected chi connectivity index (χ3v) is 8.74. The van der Waals surface area contributed by atoms with Crippen molar-refractivity contribution in [2.45, 2.75) is 69.5 Å². The molecule has 2 aliphatic heterocycles. The number of nitrogens with zero attached hydrogens (tertiary/aromatic N) is 1. The molecule has 2 spiro atoms. The molecule has 5 nitrogen and oxygen atoms in total. The van der Waals surface area contributed by atoms with Crippen molar-refractivity contribution in [2.24, 2.45) is 17.3 Å². The number of hydrogen-bond donors (Lipinski definition) is 1. The molecule has 5 aliphatic rings. The summed E-state index contributed by atoms with van der Waals surface area (Å²) in [5.41, 5.74) is 2.57. The van der Waals surface area contributed by atoms with E-state index in [9.17, 15) is 9.59 Å². The Morgan fingerprint density at radius 3 is 3.00 bits per heavy atom. The zero-order chi connectivity index (χ0) is 20.6. The van der Waals surface area contributed by atoms with Crippen LogP contribution in [0.5, 0.6) is 0 Å². The first-order valence-electron chi connectivity index (χ1n) is 11.3. The Labute approximate surface area is 177 Å². The number of aromatic nitrogens is 1. The molecule has 2 saturated carbocycles. The van der Waals surface area contributed by atoms with E-state index in [2.05, 4.69) is 29.4 Å². The molecule has 3 heterocycles. The molecular formula is C25H28N2O3. The van der Waals surface area contributed by atoms with Crippen molar-refractivity contribution >= 4 is 17.4 Å². The van der Waals surface area contributed by atoms with E-state index in [1.54, 1.807) is 12.4 Å². The number of carbonyl (C=O) groups excluding carboxylic acids is 2. The molecule has 30 heavy (non-hydrogen) atoms. The predicted molar refractivity (Wildman–Crippen MR) is 113 cm³/mol. The first-order valence-corrected chi connectivity index (χ1v) is 11.3. The Morgan fingerprint density at radius 2 is 2.17 bits per heavy atom. The summed E-state index contributed by atoms with van der Waals surface area (Å²) in [5, 5.41) is 3.09. The minimum absolute atomic E-state index is 0.0478. The zero-order valence-corrected chi connectivity index (χ0v) is 17.4. The van der Waals surface area contributed by atoms with Crippen LogP contribution in [0.4, 0.5) is 5.69 Å². The number of rotatable bonds is 2. The molecule has 0 radical (unpaired) electrons. The quantitative estimate of drug-likeness (QED) is 0.795. The molecule has 156 valence electrons. The molecule has 2 bridgehead atoms. The van der Waals surface area contributed by atoms with Crippen LogP contribution in [-0.2, 0) is 14.3 Å². The molecule has 3 aliphatic carbocycles. The lowest BCUT2D eigenvalue weighted by atomic mass is 9.58. The maximum atomic E-state index is 13.3. The maximum absolute atomic E-state index is 13.3. The lowest BCUT2D eigenvalue weighted by Gasteiger charge is -2.53. The SMILES string of the molecule is C[C@]12CC=C3C=C4CCC(=O)C[C@]45CCC3(O5)[C@@H]1CCC2C(=O)Nc1cccnc1. The predicted octanol–water partition coefficient (Wildman–Crippen LogP) is 4.36. The highest BCUT2D eigenvalue weighted by molar-refractivity contribution is 5.93. The van der Waals surface area contributed by atoms with Crippen LogP contribution in [0.3, 0.4) is 0 Å². The zero-order valence-electron chi connectivity index (χ0n) is 17.4. The van der Waals surface area contributed by atoms with E-state index < -0.39 is 0 Å². The Balaban J connectivity index is 1.34. The molecule has 6 rings (SSSR count). The Kier molecular flexibility index (Phi) is 3.78. The second-order valence-corrected chi connectivity index (χ2v) is 10.2. The maximum Gasteiger partial charge on any atom is 0.228 e. The van der Waals surface area contributed by atoms with E-state index in [-0.39, 0.29) is 28.4 Å². The number of anilines is 1. The molecule has 5 heteroatoms. The molecule has 0 aromatic carbocycles. The van der Waals surface area contributed by atoms with Gasteiger partial charge in [-0.2, -0.15) is 0 Å². The van der Waals surface area contributed by atoms with Gasteiger partial charge in [-0.3, -0.25) is 14.6 Å². The average Bonchev–Trinajstić information content (AvgIpc) is 3.24. The number of ether oxygens (including phenoxy) is 1. The van der Waals surface area contributed by atoms with E-state index in [4.69, 9.17) is 4.74 Å². The van der Waals surface area contributed by atoms with Crippen molar-refractivity contribution in [3.63, 3.8) is 0 Å². The van der Waals surface area contributed by atoms with Crippen LogP contribution in [0.1, 0.15) is 58.3 Å². The van der Waals surface area contributed by atoms with Gasteiger partial charge in [0.05, 0.1) is 23.1 Å².